The average molecular weight is 105 g/mol. The average Bonchev–Trinajstić information content (AvgIpc) is 1.61. The maximum Gasteiger partial charge on any atom is 0.233 e. The predicted octanol–water partition coefficient (Wildman–Crippen LogP) is -0.630. The van der Waals surface area contributed by atoms with Gasteiger partial charge in [0.1, 0.15) is 0 Å². The molecular formula is C3H11NOSi. The minimum atomic E-state index is -0.597. The molecule has 3 heteroatoms. The Bertz CT molecular complexity index is 22.8. The molecule has 0 aliphatic carbocycles. The summed E-state index contributed by atoms with van der Waals surface area (Å²) in [6, 6.07) is 0. The van der Waals surface area contributed by atoms with Gasteiger partial charge in [0.25, 0.3) is 0 Å². The van der Waals surface area contributed by atoms with Crippen LogP contribution in [0.25, 0.3) is 0 Å². The molecule has 6 heavy (non-hydrogen) atoms. The highest BCUT2D eigenvalue weighted by molar-refractivity contribution is 6.22. The van der Waals surface area contributed by atoms with Crippen LogP contribution in [-0.4, -0.2) is 16.5 Å². The zero-order valence-electron chi connectivity index (χ0n) is 4.11. The monoisotopic (exact) mass is 105 g/mol. The minimum Gasteiger partial charge on any atom is -0.409 e. The van der Waals surface area contributed by atoms with Crippen LogP contribution in [0.4, 0.5) is 0 Å². The van der Waals surface area contributed by atoms with Gasteiger partial charge in [0.2, 0.25) is 9.92 Å². The summed E-state index contributed by atoms with van der Waals surface area (Å²) < 4.78 is 4.90. The van der Waals surface area contributed by atoms with Crippen molar-refractivity contribution in [3.8, 4) is 0 Å². The van der Waals surface area contributed by atoms with Gasteiger partial charge in [-0.05, 0) is 6.42 Å². The Morgan fingerprint density at radius 1 is 1.83 bits per heavy atom. The van der Waals surface area contributed by atoms with Gasteiger partial charge in [-0.2, -0.15) is 0 Å². The van der Waals surface area contributed by atoms with E-state index in [9.17, 15) is 0 Å². The lowest BCUT2D eigenvalue weighted by atomic mass is 10.5. The molecule has 0 unspecified atom stereocenters. The molecule has 0 aromatic heterocycles. The third-order valence-electron chi connectivity index (χ3n) is 0.466. The van der Waals surface area contributed by atoms with E-state index in [2.05, 4.69) is 6.92 Å². The van der Waals surface area contributed by atoms with Crippen molar-refractivity contribution in [2.75, 3.05) is 6.61 Å². The quantitative estimate of drug-likeness (QED) is 0.383. The van der Waals surface area contributed by atoms with Crippen LogP contribution in [0.15, 0.2) is 0 Å². The summed E-state index contributed by atoms with van der Waals surface area (Å²) in [7, 11) is -0.597. The Morgan fingerprint density at radius 2 is 2.50 bits per heavy atom. The number of hydrogen-bond acceptors (Lipinski definition) is 2. The van der Waals surface area contributed by atoms with Crippen molar-refractivity contribution >= 4 is 9.92 Å². The van der Waals surface area contributed by atoms with E-state index in [0.29, 0.717) is 0 Å². The smallest absolute Gasteiger partial charge is 0.233 e. The van der Waals surface area contributed by atoms with Gasteiger partial charge in [-0.25, -0.2) is 0 Å². The second-order valence-electron chi connectivity index (χ2n) is 1.07. The molecule has 0 aliphatic rings. The third kappa shape index (κ3) is 4.14. The molecule has 0 aromatic carbocycles. The zero-order chi connectivity index (χ0) is 4.83. The van der Waals surface area contributed by atoms with Crippen molar-refractivity contribution in [1.29, 1.82) is 0 Å². The molecule has 0 amide bonds. The molecule has 2 nitrogen and oxygen atoms in total. The summed E-state index contributed by atoms with van der Waals surface area (Å²) >= 11 is 0. The highest BCUT2D eigenvalue weighted by Gasteiger charge is 1.73. The van der Waals surface area contributed by atoms with Gasteiger partial charge in [0.15, 0.2) is 0 Å². The standard InChI is InChI=1S/C3H11NOSi/c1-2-3-5-6-4/h2-4,6H2,1H3. The van der Waals surface area contributed by atoms with Crippen LogP contribution >= 0.6 is 0 Å². The zero-order valence-corrected chi connectivity index (χ0v) is 5.52. The lowest BCUT2D eigenvalue weighted by Gasteiger charge is -1.91. The molecule has 38 valence electrons. The molecule has 0 spiro atoms. The second kappa shape index (κ2) is 5.14. The normalized spacial score (nSPS) is 11.0. The van der Waals surface area contributed by atoms with E-state index in [1.807, 2.05) is 0 Å². The Balaban J connectivity index is 2.34. The number of rotatable bonds is 3. The maximum absolute atomic E-state index is 5.13. The summed E-state index contributed by atoms with van der Waals surface area (Å²) in [5, 5.41) is 5.13. The highest BCUT2D eigenvalue weighted by atomic mass is 28.2. The molecule has 0 aromatic rings. The molecule has 0 radical (unpaired) electrons. The minimum absolute atomic E-state index is 0.597. The largest absolute Gasteiger partial charge is 0.409 e. The molecule has 0 heterocycles. The van der Waals surface area contributed by atoms with Gasteiger partial charge in [-0.3, -0.25) is 0 Å². The van der Waals surface area contributed by atoms with E-state index in [4.69, 9.17) is 9.83 Å². The second-order valence-corrected chi connectivity index (χ2v) is 1.82. The Hall–Kier alpha value is 0.137. The van der Waals surface area contributed by atoms with Gasteiger partial charge >= 0.3 is 0 Å². The fourth-order valence-corrected chi connectivity index (χ4v) is 0.683. The first-order valence-corrected chi connectivity index (χ1v) is 3.59. The summed E-state index contributed by atoms with van der Waals surface area (Å²) in [6.45, 7) is 2.92. The number of hydrogen-bond donors (Lipinski definition) is 1. The molecule has 0 bridgehead atoms. The lowest BCUT2D eigenvalue weighted by Crippen LogP contribution is -2.09. The fraction of sp³-hybridized carbons (Fsp3) is 1.00. The first-order chi connectivity index (χ1) is 2.91. The van der Waals surface area contributed by atoms with Crippen molar-refractivity contribution in [3.05, 3.63) is 0 Å². The maximum atomic E-state index is 5.13. The van der Waals surface area contributed by atoms with E-state index in [-0.39, 0.29) is 0 Å². The van der Waals surface area contributed by atoms with Gasteiger partial charge in [0, 0.05) is 6.61 Å². The van der Waals surface area contributed by atoms with Crippen molar-refractivity contribution in [3.63, 3.8) is 0 Å². The third-order valence-corrected chi connectivity index (χ3v) is 0.991. The Kier molecular flexibility index (Phi) is 5.25. The SMILES string of the molecule is CCCO[SiH2]N. The summed E-state index contributed by atoms with van der Waals surface area (Å²) in [5.41, 5.74) is 0. The van der Waals surface area contributed by atoms with E-state index >= 15 is 0 Å². The molecule has 0 saturated carbocycles. The summed E-state index contributed by atoms with van der Waals surface area (Å²) in [4.78, 5) is 0. The van der Waals surface area contributed by atoms with Crippen molar-refractivity contribution < 1.29 is 4.43 Å². The van der Waals surface area contributed by atoms with Crippen LogP contribution in [0.2, 0.25) is 0 Å². The topological polar surface area (TPSA) is 35.2 Å². The van der Waals surface area contributed by atoms with Gasteiger partial charge in [0.05, 0.1) is 0 Å². The van der Waals surface area contributed by atoms with E-state index in [0.717, 1.165) is 13.0 Å². The van der Waals surface area contributed by atoms with Crippen molar-refractivity contribution in [1.82, 2.24) is 0 Å². The van der Waals surface area contributed by atoms with Crippen molar-refractivity contribution in [2.45, 2.75) is 13.3 Å². The van der Waals surface area contributed by atoms with Gasteiger partial charge in [-0.15, -0.1) is 0 Å². The van der Waals surface area contributed by atoms with Crippen LogP contribution in [0.3, 0.4) is 0 Å². The first kappa shape index (κ1) is 6.14. The van der Waals surface area contributed by atoms with E-state index in [1.54, 1.807) is 0 Å². The van der Waals surface area contributed by atoms with Gasteiger partial charge in [-0.1, -0.05) is 6.92 Å². The summed E-state index contributed by atoms with van der Waals surface area (Å²) in [5.74, 6) is 0. The van der Waals surface area contributed by atoms with Gasteiger partial charge < -0.3 is 9.83 Å². The Morgan fingerprint density at radius 3 is 2.67 bits per heavy atom. The van der Waals surface area contributed by atoms with E-state index in [1.165, 1.54) is 0 Å². The fourth-order valence-electron chi connectivity index (χ4n) is 0.228. The number of nitrogens with two attached hydrogens (primary N) is 1. The Labute approximate surface area is 40.7 Å². The van der Waals surface area contributed by atoms with Crippen LogP contribution in [0.5, 0.6) is 0 Å². The highest BCUT2D eigenvalue weighted by Crippen LogP contribution is 1.71. The van der Waals surface area contributed by atoms with Crippen LogP contribution in [-0.2, 0) is 4.43 Å². The lowest BCUT2D eigenvalue weighted by molar-refractivity contribution is 0.336. The van der Waals surface area contributed by atoms with Crippen LogP contribution in [0.1, 0.15) is 13.3 Å². The molecule has 0 rings (SSSR count). The first-order valence-electron chi connectivity index (χ1n) is 2.19. The molecular weight excluding hydrogens is 94.1 g/mol. The van der Waals surface area contributed by atoms with Crippen molar-refractivity contribution in [2.24, 2.45) is 5.40 Å². The summed E-state index contributed by atoms with van der Waals surface area (Å²) in [6.07, 6.45) is 1.09. The predicted molar refractivity (Wildman–Crippen MR) is 29.0 cm³/mol. The van der Waals surface area contributed by atoms with Crippen LogP contribution in [0, 0.1) is 0 Å². The molecule has 0 aliphatic heterocycles. The molecule has 0 fully saturated rings. The van der Waals surface area contributed by atoms with Crippen LogP contribution < -0.4 is 5.40 Å². The molecule has 2 N–H and O–H groups in total. The molecule has 0 saturated heterocycles. The molecule has 0 atom stereocenters. The van der Waals surface area contributed by atoms with E-state index < -0.39 is 9.92 Å².